The van der Waals surface area contributed by atoms with E-state index in [0.717, 1.165) is 99.5 Å². The van der Waals surface area contributed by atoms with E-state index in [4.69, 9.17) is 20.7 Å². The molecule has 0 saturated heterocycles. The number of hydrogen-bond donors (Lipinski definition) is 0. The van der Waals surface area contributed by atoms with Crippen LogP contribution >= 0.6 is 0 Å². The average Bonchev–Trinajstić information content (AvgIpc) is 3.67. The van der Waals surface area contributed by atoms with Crippen molar-refractivity contribution in [3.8, 4) is 56.0 Å². The zero-order chi connectivity index (χ0) is 38.0. The molecule has 0 aliphatic carbocycles. The van der Waals surface area contributed by atoms with Gasteiger partial charge in [-0.15, -0.1) is 0 Å². The fourth-order valence-corrected chi connectivity index (χ4v) is 7.53. The maximum absolute atomic E-state index is 9.18. The Labute approximate surface area is 318 Å². The Hall–Kier alpha value is -7.57. The molecule has 0 fully saturated rings. The highest BCUT2D eigenvalue weighted by Gasteiger charge is 2.16. The molecule has 11 rings (SSSR count). The molecule has 5 aromatic heterocycles. The van der Waals surface area contributed by atoms with Gasteiger partial charge in [0.25, 0.3) is 0 Å². The second-order valence-corrected chi connectivity index (χ2v) is 13.6. The van der Waals surface area contributed by atoms with Gasteiger partial charge in [0.1, 0.15) is 11.2 Å². The molecule has 0 unspecified atom stereocenters. The summed E-state index contributed by atoms with van der Waals surface area (Å²) in [6.07, 6.45) is 3.55. The first-order valence-corrected chi connectivity index (χ1v) is 18.1. The molecular formula is C49H29N5O. The van der Waals surface area contributed by atoms with Crippen molar-refractivity contribution in [3.63, 3.8) is 0 Å². The first-order chi connectivity index (χ1) is 28.0. The lowest BCUT2D eigenvalue weighted by molar-refractivity contribution is 0.669. The molecule has 6 nitrogen and oxygen atoms in total. The fourth-order valence-electron chi connectivity index (χ4n) is 7.53. The molecule has 0 amide bonds. The summed E-state index contributed by atoms with van der Waals surface area (Å²) < 4.78 is 24.2. The van der Waals surface area contributed by atoms with Crippen LogP contribution in [0.25, 0.3) is 111 Å². The van der Waals surface area contributed by atoms with Crippen molar-refractivity contribution in [2.45, 2.75) is 0 Å². The molecule has 0 aliphatic heterocycles. The van der Waals surface area contributed by atoms with Gasteiger partial charge < -0.3 is 4.42 Å². The molecule has 0 saturated carbocycles. The van der Waals surface area contributed by atoms with E-state index in [2.05, 4.69) is 76.9 Å². The van der Waals surface area contributed by atoms with Gasteiger partial charge in [-0.3, -0.25) is 4.98 Å². The predicted octanol–water partition coefficient (Wildman–Crippen LogP) is 12.4. The topological polar surface area (TPSA) is 77.6 Å². The number of nitrogens with zero attached hydrogens (tertiary/aromatic N) is 5. The van der Waals surface area contributed by atoms with Crippen LogP contribution in [0.3, 0.4) is 0 Å². The predicted molar refractivity (Wildman–Crippen MR) is 222 cm³/mol. The third-order valence-electron chi connectivity index (χ3n) is 10.3. The molecule has 0 atom stereocenters. The van der Waals surface area contributed by atoms with Crippen molar-refractivity contribution in [1.82, 2.24) is 25.1 Å². The van der Waals surface area contributed by atoms with Crippen LogP contribution in [0.1, 0.15) is 2.74 Å². The molecule has 0 bridgehead atoms. The largest absolute Gasteiger partial charge is 0.456 e. The number of rotatable bonds is 5. The van der Waals surface area contributed by atoms with Crippen molar-refractivity contribution in [3.05, 3.63) is 176 Å². The average molecular weight is 706 g/mol. The molecule has 0 spiro atoms. The van der Waals surface area contributed by atoms with Gasteiger partial charge in [-0.1, -0.05) is 109 Å². The van der Waals surface area contributed by atoms with E-state index < -0.39 is 0 Å². The van der Waals surface area contributed by atoms with E-state index in [1.807, 2.05) is 85.1 Å². The van der Waals surface area contributed by atoms with Crippen LogP contribution in [0.2, 0.25) is 0 Å². The number of fused-ring (bicyclic) bond motifs is 7. The van der Waals surface area contributed by atoms with E-state index >= 15 is 0 Å². The Kier molecular flexibility index (Phi) is 6.60. The molecule has 0 radical (unpaired) electrons. The van der Waals surface area contributed by atoms with Crippen LogP contribution in [0, 0.1) is 0 Å². The molecule has 0 N–H and O–H groups in total. The Morgan fingerprint density at radius 3 is 2.13 bits per heavy atom. The highest BCUT2D eigenvalue weighted by atomic mass is 16.3. The van der Waals surface area contributed by atoms with E-state index in [1.54, 1.807) is 12.3 Å². The molecule has 256 valence electrons. The van der Waals surface area contributed by atoms with Crippen molar-refractivity contribution in [2.75, 3.05) is 0 Å². The number of hydrogen-bond acceptors (Lipinski definition) is 6. The fraction of sp³-hybridized carbons (Fsp3) is 0. The number of pyridine rings is 3. The van der Waals surface area contributed by atoms with Gasteiger partial charge >= 0.3 is 0 Å². The summed E-state index contributed by atoms with van der Waals surface area (Å²) in [6, 6.07) is 50.9. The maximum atomic E-state index is 9.18. The van der Waals surface area contributed by atoms with Crippen LogP contribution in [0.15, 0.2) is 181 Å². The molecule has 0 aliphatic rings. The van der Waals surface area contributed by atoms with Gasteiger partial charge in [0.15, 0.2) is 0 Å². The van der Waals surface area contributed by atoms with Crippen LogP contribution in [-0.2, 0) is 0 Å². The third kappa shape index (κ3) is 5.39. The first kappa shape index (κ1) is 28.9. The van der Waals surface area contributed by atoms with Crippen LogP contribution in [0.4, 0.5) is 0 Å². The van der Waals surface area contributed by atoms with Gasteiger partial charge in [-0.05, 0) is 76.8 Å². The van der Waals surface area contributed by atoms with Crippen molar-refractivity contribution >= 4 is 54.6 Å². The highest BCUT2D eigenvalue weighted by Crippen LogP contribution is 2.40. The van der Waals surface area contributed by atoms with Crippen LogP contribution < -0.4 is 0 Å². The summed E-state index contributed by atoms with van der Waals surface area (Å²) in [5.41, 5.74) is 12.1. The number of furan rings is 1. The Morgan fingerprint density at radius 2 is 1.25 bits per heavy atom. The minimum absolute atomic E-state index is 0.236. The van der Waals surface area contributed by atoms with Crippen LogP contribution in [-0.4, -0.2) is 25.1 Å². The number of aromatic nitrogens is 5. The summed E-state index contributed by atoms with van der Waals surface area (Å²) >= 11 is 0. The lowest BCUT2D eigenvalue weighted by Crippen LogP contribution is -1.94. The molecule has 55 heavy (non-hydrogen) atoms. The van der Waals surface area contributed by atoms with E-state index in [9.17, 15) is 1.37 Å². The zero-order valence-electron chi connectivity index (χ0n) is 31.2. The van der Waals surface area contributed by atoms with Gasteiger partial charge in [0.05, 0.1) is 42.6 Å². The normalized spacial score (nSPS) is 12.1. The quantitative estimate of drug-likeness (QED) is 0.166. The standard InChI is InChI=1S/C49H29N5O/c1-3-8-30(9-4-1)39-12-7-13-46-47(39)40-25-34(19-21-45(40)55-46)37-27-42(35-16-14-32-22-23-51-54-44(32)26-35)52-43(28-37)38-24-36-17-15-33-18-20-41(31-10-5-2-6-11-31)53-49(33)48(36)50-29-38/h1-29H/i13D,21D. The van der Waals surface area contributed by atoms with Crippen molar-refractivity contribution < 1.29 is 7.16 Å². The maximum Gasteiger partial charge on any atom is 0.136 e. The van der Waals surface area contributed by atoms with Gasteiger partial charge in [0, 0.05) is 49.8 Å². The molecule has 5 heterocycles. The molecular weight excluding hydrogens is 675 g/mol. The second-order valence-electron chi connectivity index (χ2n) is 13.6. The van der Waals surface area contributed by atoms with Crippen LogP contribution in [0.5, 0.6) is 0 Å². The van der Waals surface area contributed by atoms with Crippen molar-refractivity contribution in [1.29, 1.82) is 0 Å². The summed E-state index contributed by atoms with van der Waals surface area (Å²) in [6.45, 7) is 0. The molecule has 6 aromatic carbocycles. The Morgan fingerprint density at radius 1 is 0.473 bits per heavy atom. The summed E-state index contributed by atoms with van der Waals surface area (Å²) in [5.74, 6) is 0. The molecule has 11 aromatic rings. The second kappa shape index (κ2) is 12.5. The summed E-state index contributed by atoms with van der Waals surface area (Å²) in [4.78, 5) is 15.3. The smallest absolute Gasteiger partial charge is 0.136 e. The van der Waals surface area contributed by atoms with E-state index in [1.165, 1.54) is 0 Å². The zero-order valence-corrected chi connectivity index (χ0v) is 29.2. The van der Waals surface area contributed by atoms with E-state index in [0.29, 0.717) is 11.2 Å². The van der Waals surface area contributed by atoms with Gasteiger partial charge in [-0.2, -0.15) is 10.2 Å². The summed E-state index contributed by atoms with van der Waals surface area (Å²) in [5, 5.41) is 13.0. The first-order valence-electron chi connectivity index (χ1n) is 19.1. The Bertz CT molecular complexity index is 3390. The van der Waals surface area contributed by atoms with Crippen molar-refractivity contribution in [2.24, 2.45) is 0 Å². The minimum atomic E-state index is 0.236. The minimum Gasteiger partial charge on any atom is -0.456 e. The van der Waals surface area contributed by atoms with E-state index in [-0.39, 0.29) is 12.1 Å². The highest BCUT2D eigenvalue weighted by molar-refractivity contribution is 6.13. The SMILES string of the molecule is [2H]c1cc(-c2cc(-c3cnc4c(ccc5ccc(-c6ccccc6)nc54)c3)nc(-c3ccc4ccnnc4c3)c2)cc2c1oc1c([2H])ccc(-c3ccccc3)c12. The van der Waals surface area contributed by atoms with Gasteiger partial charge in [0.2, 0.25) is 0 Å². The lowest BCUT2D eigenvalue weighted by atomic mass is 9.96. The lowest BCUT2D eigenvalue weighted by Gasteiger charge is -2.12. The molecule has 6 heteroatoms. The monoisotopic (exact) mass is 705 g/mol. The number of benzene rings is 6. The third-order valence-corrected chi connectivity index (χ3v) is 10.3. The summed E-state index contributed by atoms with van der Waals surface area (Å²) in [7, 11) is 0. The Balaban J connectivity index is 1.11. The van der Waals surface area contributed by atoms with Gasteiger partial charge in [-0.25, -0.2) is 9.97 Å².